The summed E-state index contributed by atoms with van der Waals surface area (Å²) in [7, 11) is 0. The van der Waals surface area contributed by atoms with E-state index in [1.165, 1.54) is 11.3 Å². The molecule has 2 aliphatic rings. The SMILES string of the molecule is CCOCC1CN(c2ncccn2)Cc2cnn(CC3CCOCC3)c21. The second-order valence-corrected chi connectivity index (χ2v) is 7.08. The minimum atomic E-state index is 0.282. The van der Waals surface area contributed by atoms with Crippen molar-refractivity contribution in [1.29, 1.82) is 0 Å². The molecule has 1 unspecified atom stereocenters. The maximum Gasteiger partial charge on any atom is 0.225 e. The largest absolute Gasteiger partial charge is 0.381 e. The van der Waals surface area contributed by atoms with Crippen LogP contribution in [-0.4, -0.2) is 52.7 Å². The maximum absolute atomic E-state index is 5.80. The normalized spacial score (nSPS) is 21.0. The van der Waals surface area contributed by atoms with Crippen LogP contribution in [0.3, 0.4) is 0 Å². The molecule has 1 fully saturated rings. The summed E-state index contributed by atoms with van der Waals surface area (Å²) in [5.41, 5.74) is 2.59. The summed E-state index contributed by atoms with van der Waals surface area (Å²) in [6, 6.07) is 1.85. The van der Waals surface area contributed by atoms with Crippen LogP contribution in [-0.2, 0) is 22.6 Å². The van der Waals surface area contributed by atoms with Crippen LogP contribution in [0.2, 0.25) is 0 Å². The molecule has 26 heavy (non-hydrogen) atoms. The number of hydrogen-bond donors (Lipinski definition) is 0. The van der Waals surface area contributed by atoms with Gasteiger partial charge in [0.1, 0.15) is 0 Å². The Balaban J connectivity index is 1.57. The van der Waals surface area contributed by atoms with Gasteiger partial charge in [-0.25, -0.2) is 9.97 Å². The van der Waals surface area contributed by atoms with E-state index >= 15 is 0 Å². The molecule has 0 spiro atoms. The molecule has 4 heterocycles. The van der Waals surface area contributed by atoms with Crippen LogP contribution < -0.4 is 4.90 Å². The molecule has 2 aliphatic heterocycles. The standard InChI is InChI=1S/C19H27N5O2/c1-2-25-14-17-13-23(19-20-6-3-7-21-19)12-16-10-22-24(18(16)17)11-15-4-8-26-9-5-15/h3,6-7,10,15,17H,2,4-5,8-9,11-14H2,1H3. The van der Waals surface area contributed by atoms with E-state index in [0.29, 0.717) is 12.5 Å². The minimum absolute atomic E-state index is 0.282. The van der Waals surface area contributed by atoms with E-state index in [1.807, 2.05) is 19.2 Å². The maximum atomic E-state index is 5.80. The van der Waals surface area contributed by atoms with E-state index in [1.54, 1.807) is 12.4 Å². The highest BCUT2D eigenvalue weighted by atomic mass is 16.5. The zero-order valence-corrected chi connectivity index (χ0v) is 15.4. The molecular weight excluding hydrogens is 330 g/mol. The average Bonchev–Trinajstić information content (AvgIpc) is 3.10. The van der Waals surface area contributed by atoms with Gasteiger partial charge in [-0.1, -0.05) is 0 Å². The molecule has 7 nitrogen and oxygen atoms in total. The van der Waals surface area contributed by atoms with Gasteiger partial charge >= 0.3 is 0 Å². The molecule has 140 valence electrons. The topological polar surface area (TPSA) is 65.3 Å². The van der Waals surface area contributed by atoms with Crippen molar-refractivity contribution < 1.29 is 9.47 Å². The molecule has 4 rings (SSSR count). The highest BCUT2D eigenvalue weighted by Crippen LogP contribution is 2.31. The van der Waals surface area contributed by atoms with Crippen molar-refractivity contribution in [3.63, 3.8) is 0 Å². The zero-order chi connectivity index (χ0) is 17.8. The molecule has 1 atom stereocenters. The third kappa shape index (κ3) is 3.73. The van der Waals surface area contributed by atoms with Gasteiger partial charge in [0.25, 0.3) is 0 Å². The summed E-state index contributed by atoms with van der Waals surface area (Å²) >= 11 is 0. The average molecular weight is 357 g/mol. The first-order valence-corrected chi connectivity index (χ1v) is 9.57. The fraction of sp³-hybridized carbons (Fsp3) is 0.632. The van der Waals surface area contributed by atoms with Gasteiger partial charge in [-0.05, 0) is 31.7 Å². The molecule has 0 aromatic carbocycles. The van der Waals surface area contributed by atoms with E-state index < -0.39 is 0 Å². The third-order valence-electron chi connectivity index (χ3n) is 5.28. The molecule has 0 amide bonds. The van der Waals surface area contributed by atoms with Gasteiger partial charge in [0.2, 0.25) is 5.95 Å². The number of rotatable bonds is 6. The van der Waals surface area contributed by atoms with Crippen molar-refractivity contribution in [2.75, 3.05) is 37.9 Å². The van der Waals surface area contributed by atoms with E-state index in [-0.39, 0.29) is 5.92 Å². The van der Waals surface area contributed by atoms with Crippen LogP contribution in [0.4, 0.5) is 5.95 Å². The number of hydrogen-bond acceptors (Lipinski definition) is 6. The minimum Gasteiger partial charge on any atom is -0.381 e. The summed E-state index contributed by atoms with van der Waals surface area (Å²) in [6.07, 6.45) is 7.85. The summed E-state index contributed by atoms with van der Waals surface area (Å²) in [5, 5.41) is 4.73. The Bertz CT molecular complexity index is 699. The van der Waals surface area contributed by atoms with Crippen LogP contribution in [0.25, 0.3) is 0 Å². The quantitative estimate of drug-likeness (QED) is 0.790. The summed E-state index contributed by atoms with van der Waals surface area (Å²) in [5.74, 6) is 1.71. The summed E-state index contributed by atoms with van der Waals surface area (Å²) in [4.78, 5) is 11.1. The number of aromatic nitrogens is 4. The fourth-order valence-electron chi connectivity index (χ4n) is 3.97. The Labute approximate surface area is 154 Å². The molecule has 0 radical (unpaired) electrons. The predicted octanol–water partition coefficient (Wildman–Crippen LogP) is 2.24. The number of ether oxygens (including phenoxy) is 2. The van der Waals surface area contributed by atoms with Crippen molar-refractivity contribution in [3.05, 3.63) is 35.9 Å². The van der Waals surface area contributed by atoms with Crippen LogP contribution >= 0.6 is 0 Å². The highest BCUT2D eigenvalue weighted by molar-refractivity contribution is 5.39. The lowest BCUT2D eigenvalue weighted by Crippen LogP contribution is -2.37. The van der Waals surface area contributed by atoms with Gasteiger partial charge in [0, 0.05) is 63.3 Å². The first-order valence-electron chi connectivity index (χ1n) is 9.57. The van der Waals surface area contributed by atoms with Gasteiger partial charge in [0.15, 0.2) is 0 Å². The summed E-state index contributed by atoms with van der Waals surface area (Å²) < 4.78 is 13.5. The Hall–Kier alpha value is -1.99. The fourth-order valence-corrected chi connectivity index (χ4v) is 3.97. The van der Waals surface area contributed by atoms with Gasteiger partial charge in [-0.15, -0.1) is 0 Å². The smallest absolute Gasteiger partial charge is 0.225 e. The molecule has 2 aromatic heterocycles. The molecule has 2 aromatic rings. The molecule has 0 saturated carbocycles. The van der Waals surface area contributed by atoms with Crippen LogP contribution in [0, 0.1) is 5.92 Å². The predicted molar refractivity (Wildman–Crippen MR) is 98.1 cm³/mol. The summed E-state index contributed by atoms with van der Waals surface area (Å²) in [6.45, 7) is 7.84. The van der Waals surface area contributed by atoms with Crippen molar-refractivity contribution in [2.45, 2.75) is 38.8 Å². The van der Waals surface area contributed by atoms with E-state index in [4.69, 9.17) is 14.6 Å². The van der Waals surface area contributed by atoms with Crippen molar-refractivity contribution >= 4 is 5.95 Å². The number of fused-ring (bicyclic) bond motifs is 1. The Kier molecular flexibility index (Phi) is 5.45. The van der Waals surface area contributed by atoms with Gasteiger partial charge < -0.3 is 14.4 Å². The lowest BCUT2D eigenvalue weighted by molar-refractivity contribution is 0.0593. The Morgan fingerprint density at radius 2 is 2.04 bits per heavy atom. The second kappa shape index (κ2) is 8.14. The van der Waals surface area contributed by atoms with Crippen LogP contribution in [0.5, 0.6) is 0 Å². The third-order valence-corrected chi connectivity index (χ3v) is 5.28. The molecule has 1 saturated heterocycles. The van der Waals surface area contributed by atoms with Crippen molar-refractivity contribution in [3.8, 4) is 0 Å². The first kappa shape index (κ1) is 17.4. The van der Waals surface area contributed by atoms with Crippen LogP contribution in [0.1, 0.15) is 36.9 Å². The van der Waals surface area contributed by atoms with Gasteiger partial charge in [0.05, 0.1) is 18.5 Å². The lowest BCUT2D eigenvalue weighted by Gasteiger charge is -2.34. The van der Waals surface area contributed by atoms with Gasteiger partial charge in [-0.2, -0.15) is 5.10 Å². The highest BCUT2D eigenvalue weighted by Gasteiger charge is 2.31. The molecule has 0 N–H and O–H groups in total. The Morgan fingerprint density at radius 1 is 1.23 bits per heavy atom. The lowest BCUT2D eigenvalue weighted by atomic mass is 9.95. The van der Waals surface area contributed by atoms with E-state index in [9.17, 15) is 0 Å². The van der Waals surface area contributed by atoms with E-state index in [0.717, 1.165) is 58.2 Å². The number of nitrogens with zero attached hydrogens (tertiary/aromatic N) is 5. The van der Waals surface area contributed by atoms with Crippen molar-refractivity contribution in [2.24, 2.45) is 5.92 Å². The van der Waals surface area contributed by atoms with Gasteiger partial charge in [-0.3, -0.25) is 4.68 Å². The molecule has 0 aliphatic carbocycles. The Morgan fingerprint density at radius 3 is 2.81 bits per heavy atom. The van der Waals surface area contributed by atoms with E-state index in [2.05, 4.69) is 19.5 Å². The number of anilines is 1. The zero-order valence-electron chi connectivity index (χ0n) is 15.4. The molecule has 0 bridgehead atoms. The second-order valence-electron chi connectivity index (χ2n) is 7.08. The van der Waals surface area contributed by atoms with Crippen LogP contribution in [0.15, 0.2) is 24.7 Å². The monoisotopic (exact) mass is 357 g/mol. The molecular formula is C19H27N5O2. The first-order chi connectivity index (χ1) is 12.8. The molecule has 7 heteroatoms. The van der Waals surface area contributed by atoms with Crippen molar-refractivity contribution in [1.82, 2.24) is 19.7 Å².